The fourth-order valence-electron chi connectivity index (χ4n) is 1.11. The summed E-state index contributed by atoms with van der Waals surface area (Å²) in [5, 5.41) is 0. The third-order valence-corrected chi connectivity index (χ3v) is 3.95. The number of sulfonamides is 1. The van der Waals surface area contributed by atoms with Crippen LogP contribution in [0.1, 0.15) is 19.4 Å². The van der Waals surface area contributed by atoms with Crippen molar-refractivity contribution in [2.24, 2.45) is 5.84 Å². The highest BCUT2D eigenvalue weighted by molar-refractivity contribution is 7.89. The second-order valence-corrected chi connectivity index (χ2v) is 5.58. The van der Waals surface area contributed by atoms with E-state index < -0.39 is 10.0 Å². The Morgan fingerprint density at radius 2 is 1.67 bits per heavy atom. The zero-order valence-electron chi connectivity index (χ0n) is 9.14. The number of nitrogens with zero attached hydrogens (tertiary/aromatic N) is 1. The number of hydrogen-bond donors (Lipinski definition) is 1. The molecule has 5 heteroatoms. The van der Waals surface area contributed by atoms with Crippen molar-refractivity contribution in [2.45, 2.75) is 31.7 Å². The quantitative estimate of drug-likeness (QED) is 0.626. The Bertz CT molecular complexity index is 423. The molecule has 0 fully saturated rings. The zero-order valence-corrected chi connectivity index (χ0v) is 9.95. The highest BCUT2D eigenvalue weighted by Crippen LogP contribution is 2.15. The van der Waals surface area contributed by atoms with Crippen LogP contribution in [0.5, 0.6) is 0 Å². The average Bonchev–Trinajstić information content (AvgIpc) is 2.17. The molecule has 0 amide bonds. The van der Waals surface area contributed by atoms with Gasteiger partial charge in [0, 0.05) is 6.04 Å². The van der Waals surface area contributed by atoms with Gasteiger partial charge in [-0.2, -0.15) is 0 Å². The van der Waals surface area contributed by atoms with Crippen molar-refractivity contribution in [2.75, 3.05) is 0 Å². The van der Waals surface area contributed by atoms with Crippen molar-refractivity contribution in [3.8, 4) is 0 Å². The maximum Gasteiger partial charge on any atom is 0.255 e. The predicted molar refractivity (Wildman–Crippen MR) is 59.5 cm³/mol. The molecule has 0 heterocycles. The molecule has 0 unspecified atom stereocenters. The van der Waals surface area contributed by atoms with Gasteiger partial charge in [0.15, 0.2) is 0 Å². The van der Waals surface area contributed by atoms with Gasteiger partial charge >= 0.3 is 0 Å². The van der Waals surface area contributed by atoms with Crippen LogP contribution in [0.25, 0.3) is 0 Å². The molecule has 1 rings (SSSR count). The molecule has 0 radical (unpaired) electrons. The monoisotopic (exact) mass is 228 g/mol. The molecule has 0 spiro atoms. The van der Waals surface area contributed by atoms with Gasteiger partial charge in [0.05, 0.1) is 4.90 Å². The number of benzene rings is 1. The van der Waals surface area contributed by atoms with Crippen LogP contribution < -0.4 is 5.84 Å². The van der Waals surface area contributed by atoms with E-state index in [0.717, 1.165) is 9.98 Å². The van der Waals surface area contributed by atoms with Crippen molar-refractivity contribution in [1.29, 1.82) is 0 Å². The lowest BCUT2D eigenvalue weighted by atomic mass is 10.2. The van der Waals surface area contributed by atoms with Crippen molar-refractivity contribution in [3.05, 3.63) is 29.8 Å². The van der Waals surface area contributed by atoms with Gasteiger partial charge < -0.3 is 0 Å². The van der Waals surface area contributed by atoms with Crippen LogP contribution in [-0.4, -0.2) is 18.9 Å². The molecular weight excluding hydrogens is 212 g/mol. The first kappa shape index (κ1) is 12.2. The fourth-order valence-corrected chi connectivity index (χ4v) is 2.39. The van der Waals surface area contributed by atoms with E-state index in [4.69, 9.17) is 5.84 Å². The SMILES string of the molecule is Cc1ccc(S(=O)(=O)N(N)C(C)C)cc1. The Morgan fingerprint density at radius 1 is 1.20 bits per heavy atom. The van der Waals surface area contributed by atoms with Gasteiger partial charge in [-0.25, -0.2) is 8.42 Å². The lowest BCUT2D eigenvalue weighted by Crippen LogP contribution is -2.42. The minimum atomic E-state index is -3.54. The van der Waals surface area contributed by atoms with E-state index in [-0.39, 0.29) is 10.9 Å². The molecule has 15 heavy (non-hydrogen) atoms. The Labute approximate surface area is 90.7 Å². The first-order chi connectivity index (χ1) is 6.85. The van der Waals surface area contributed by atoms with Crippen molar-refractivity contribution >= 4 is 10.0 Å². The number of aryl methyl sites for hydroxylation is 1. The van der Waals surface area contributed by atoms with E-state index >= 15 is 0 Å². The molecule has 1 aromatic rings. The van der Waals surface area contributed by atoms with Gasteiger partial charge in [-0.1, -0.05) is 17.7 Å². The van der Waals surface area contributed by atoms with E-state index in [1.54, 1.807) is 38.1 Å². The Balaban J connectivity index is 3.12. The van der Waals surface area contributed by atoms with E-state index in [9.17, 15) is 8.42 Å². The molecule has 0 bridgehead atoms. The summed E-state index contributed by atoms with van der Waals surface area (Å²) in [4.78, 5) is 0.226. The number of nitrogens with two attached hydrogens (primary N) is 1. The molecular formula is C10H16N2O2S. The van der Waals surface area contributed by atoms with Gasteiger partial charge in [0.1, 0.15) is 0 Å². The molecule has 0 aliphatic rings. The summed E-state index contributed by atoms with van der Waals surface area (Å²) in [6.45, 7) is 5.36. The van der Waals surface area contributed by atoms with Crippen LogP contribution in [0.4, 0.5) is 0 Å². The molecule has 0 aromatic heterocycles. The molecule has 84 valence electrons. The molecule has 2 N–H and O–H groups in total. The van der Waals surface area contributed by atoms with Crippen molar-refractivity contribution < 1.29 is 8.42 Å². The summed E-state index contributed by atoms with van der Waals surface area (Å²) in [7, 11) is -3.54. The topological polar surface area (TPSA) is 63.4 Å². The normalized spacial score (nSPS) is 12.4. The van der Waals surface area contributed by atoms with E-state index in [1.165, 1.54) is 0 Å². The Morgan fingerprint density at radius 3 is 2.07 bits per heavy atom. The third kappa shape index (κ3) is 2.56. The molecule has 0 aliphatic carbocycles. The van der Waals surface area contributed by atoms with Gasteiger partial charge in [-0.05, 0) is 32.9 Å². The summed E-state index contributed by atoms with van der Waals surface area (Å²) >= 11 is 0. The van der Waals surface area contributed by atoms with Crippen LogP contribution in [0, 0.1) is 6.92 Å². The molecule has 4 nitrogen and oxygen atoms in total. The van der Waals surface area contributed by atoms with Crippen LogP contribution in [0.2, 0.25) is 0 Å². The summed E-state index contributed by atoms with van der Waals surface area (Å²) in [6.07, 6.45) is 0. The molecule has 0 saturated heterocycles. The maximum atomic E-state index is 11.9. The predicted octanol–water partition coefficient (Wildman–Crippen LogP) is 1.27. The average molecular weight is 228 g/mol. The third-order valence-electron chi connectivity index (χ3n) is 2.11. The minimum Gasteiger partial charge on any atom is -0.254 e. The lowest BCUT2D eigenvalue weighted by molar-refractivity contribution is 0.366. The van der Waals surface area contributed by atoms with Crippen LogP contribution in [0.3, 0.4) is 0 Å². The van der Waals surface area contributed by atoms with Gasteiger partial charge in [-0.3, -0.25) is 5.84 Å². The number of rotatable bonds is 3. The standard InChI is InChI=1S/C10H16N2O2S/c1-8(2)12(11)15(13,14)10-6-4-9(3)5-7-10/h4-8H,11H2,1-3H3. The van der Waals surface area contributed by atoms with Crippen molar-refractivity contribution in [1.82, 2.24) is 4.41 Å². The van der Waals surface area contributed by atoms with E-state index in [0.29, 0.717) is 0 Å². The summed E-state index contributed by atoms with van der Waals surface area (Å²) in [5.74, 6) is 5.51. The molecule has 0 atom stereocenters. The van der Waals surface area contributed by atoms with Gasteiger partial charge in [-0.15, -0.1) is 4.41 Å². The highest BCUT2D eigenvalue weighted by Gasteiger charge is 2.23. The van der Waals surface area contributed by atoms with Crippen LogP contribution >= 0.6 is 0 Å². The number of hydrogen-bond acceptors (Lipinski definition) is 3. The van der Waals surface area contributed by atoms with Gasteiger partial charge in [0.25, 0.3) is 10.0 Å². The Kier molecular flexibility index (Phi) is 3.49. The maximum absolute atomic E-state index is 11.9. The molecule has 1 aromatic carbocycles. The van der Waals surface area contributed by atoms with Crippen molar-refractivity contribution in [3.63, 3.8) is 0 Å². The van der Waals surface area contributed by atoms with E-state index in [1.807, 2.05) is 6.92 Å². The Hall–Kier alpha value is -0.910. The largest absolute Gasteiger partial charge is 0.255 e. The first-order valence-electron chi connectivity index (χ1n) is 4.71. The fraction of sp³-hybridized carbons (Fsp3) is 0.400. The van der Waals surface area contributed by atoms with Crippen LogP contribution in [-0.2, 0) is 10.0 Å². The van der Waals surface area contributed by atoms with Gasteiger partial charge in [0.2, 0.25) is 0 Å². The lowest BCUT2D eigenvalue weighted by Gasteiger charge is -2.20. The van der Waals surface area contributed by atoms with Crippen LogP contribution in [0.15, 0.2) is 29.2 Å². The second kappa shape index (κ2) is 4.30. The summed E-state index contributed by atoms with van der Waals surface area (Å²) in [6, 6.07) is 6.37. The minimum absolute atomic E-state index is 0.226. The van der Waals surface area contributed by atoms with E-state index in [2.05, 4.69) is 0 Å². The highest BCUT2D eigenvalue weighted by atomic mass is 32.2. The summed E-state index contributed by atoms with van der Waals surface area (Å²) in [5.41, 5.74) is 1.02. The first-order valence-corrected chi connectivity index (χ1v) is 6.15. The number of hydrazine groups is 1. The summed E-state index contributed by atoms with van der Waals surface area (Å²) < 4.78 is 24.6. The molecule has 0 aliphatic heterocycles. The smallest absolute Gasteiger partial charge is 0.254 e. The second-order valence-electron chi connectivity index (χ2n) is 3.74. The molecule has 0 saturated carbocycles. The zero-order chi connectivity index (χ0) is 11.6.